The summed E-state index contributed by atoms with van der Waals surface area (Å²) in [6, 6.07) is 9.64. The van der Waals surface area contributed by atoms with Gasteiger partial charge in [-0.1, -0.05) is 41.1 Å². The van der Waals surface area contributed by atoms with Crippen LogP contribution < -0.4 is 24.4 Å². The number of esters is 1. The Labute approximate surface area is 226 Å². The van der Waals surface area contributed by atoms with Gasteiger partial charge in [-0.25, -0.2) is 14.6 Å². The van der Waals surface area contributed by atoms with Gasteiger partial charge in [0.1, 0.15) is 6.04 Å². The van der Waals surface area contributed by atoms with Crippen molar-refractivity contribution in [3.63, 3.8) is 0 Å². The highest BCUT2D eigenvalue weighted by atomic mass is 35.5. The second-order valence-corrected chi connectivity index (χ2v) is 9.79. The molecule has 1 aromatic heterocycles. The van der Waals surface area contributed by atoms with Crippen molar-refractivity contribution >= 4 is 41.0 Å². The molecule has 1 aliphatic rings. The Kier molecular flexibility index (Phi) is 8.03. The molecule has 0 fully saturated rings. The number of aryl methyl sites for hydroxylation is 1. The molecule has 0 saturated heterocycles. The number of aromatic nitrogens is 1. The number of nitrogens with zero attached hydrogens (tertiary/aromatic N) is 2. The lowest BCUT2D eigenvalue weighted by Crippen LogP contribution is -2.40. The monoisotopic (exact) mass is 556 g/mol. The molecule has 1 unspecified atom stereocenters. The maximum atomic E-state index is 13.8. The van der Waals surface area contributed by atoms with Crippen LogP contribution in [-0.2, 0) is 14.3 Å². The molecule has 0 aliphatic carbocycles. The van der Waals surface area contributed by atoms with Crippen LogP contribution in [0.4, 0.5) is 0 Å². The minimum atomic E-state index is -1.11. The highest BCUT2D eigenvalue weighted by molar-refractivity contribution is 7.07. The van der Waals surface area contributed by atoms with Crippen LogP contribution in [0.3, 0.4) is 0 Å². The lowest BCUT2D eigenvalue weighted by Gasteiger charge is -2.25. The molecular weight excluding hydrogens is 532 g/mol. The Bertz CT molecular complexity index is 1640. The number of halogens is 1. The van der Waals surface area contributed by atoms with E-state index in [2.05, 4.69) is 4.99 Å². The van der Waals surface area contributed by atoms with Crippen LogP contribution in [-0.4, -0.2) is 41.9 Å². The zero-order valence-electron chi connectivity index (χ0n) is 21.1. The number of benzene rings is 2. The first kappa shape index (κ1) is 27.2. The van der Waals surface area contributed by atoms with E-state index in [-0.39, 0.29) is 17.7 Å². The van der Waals surface area contributed by atoms with Crippen molar-refractivity contribution in [1.29, 1.82) is 0 Å². The minimum absolute atomic E-state index is 0.169. The van der Waals surface area contributed by atoms with Gasteiger partial charge in [-0.3, -0.25) is 9.36 Å². The van der Waals surface area contributed by atoms with Gasteiger partial charge < -0.3 is 19.3 Å². The molecule has 1 aliphatic heterocycles. The number of hydrogen-bond donors (Lipinski definition) is 1. The number of fused-ring (bicyclic) bond motifs is 1. The number of rotatable bonds is 8. The fraction of sp³-hybridized carbons (Fsp3) is 0.259. The fourth-order valence-electron chi connectivity index (χ4n) is 4.26. The van der Waals surface area contributed by atoms with Crippen LogP contribution in [0.5, 0.6) is 11.5 Å². The molecule has 38 heavy (non-hydrogen) atoms. The first-order valence-corrected chi connectivity index (χ1v) is 12.8. The molecule has 3 aromatic rings. The van der Waals surface area contributed by atoms with Crippen LogP contribution >= 0.6 is 22.9 Å². The number of allylic oxidation sites excluding steroid dienone is 1. The third kappa shape index (κ3) is 5.23. The molecule has 1 atom stereocenters. The molecule has 0 radical (unpaired) electrons. The Morgan fingerprint density at radius 2 is 1.97 bits per heavy atom. The van der Waals surface area contributed by atoms with E-state index in [1.54, 1.807) is 63.2 Å². The molecule has 4 rings (SSSR count). The molecule has 0 bridgehead atoms. The number of carboxylic acid groups (broad SMARTS) is 1. The van der Waals surface area contributed by atoms with Crippen molar-refractivity contribution in [2.45, 2.75) is 26.8 Å². The quantitative estimate of drug-likeness (QED) is 0.423. The standard InChI is InChI=1S/C27H25ClN2O7S/c1-5-36-26(34)22-15(3)29-27-30(23(22)17-8-6-7-9-18(17)28)25(33)20(38-27)12-16-10-14(2)24(19(11-16)35-4)37-13-21(31)32/h6-12,23H,5,13H2,1-4H3,(H,31,32)/b20-12-. The zero-order valence-corrected chi connectivity index (χ0v) is 22.7. The summed E-state index contributed by atoms with van der Waals surface area (Å²) in [6.45, 7) is 4.83. The largest absolute Gasteiger partial charge is 0.493 e. The number of hydrogen-bond acceptors (Lipinski definition) is 8. The molecule has 2 heterocycles. The second-order valence-electron chi connectivity index (χ2n) is 8.38. The average Bonchev–Trinajstić information content (AvgIpc) is 3.16. The van der Waals surface area contributed by atoms with Crippen LogP contribution in [0, 0.1) is 6.92 Å². The van der Waals surface area contributed by atoms with E-state index in [0.717, 1.165) is 0 Å². The second kappa shape index (κ2) is 11.2. The van der Waals surface area contributed by atoms with Gasteiger partial charge in [-0.2, -0.15) is 0 Å². The van der Waals surface area contributed by atoms with Crippen LogP contribution in [0.25, 0.3) is 6.08 Å². The van der Waals surface area contributed by atoms with Crippen molar-refractivity contribution < 1.29 is 28.9 Å². The lowest BCUT2D eigenvalue weighted by atomic mass is 9.96. The van der Waals surface area contributed by atoms with Crippen LogP contribution in [0.1, 0.15) is 36.6 Å². The number of carboxylic acids is 1. The summed E-state index contributed by atoms with van der Waals surface area (Å²) in [7, 11) is 1.45. The van der Waals surface area contributed by atoms with E-state index in [1.807, 2.05) is 0 Å². The van der Waals surface area contributed by atoms with E-state index >= 15 is 0 Å². The summed E-state index contributed by atoms with van der Waals surface area (Å²) in [6.07, 6.45) is 1.69. The Hall–Kier alpha value is -3.89. The van der Waals surface area contributed by atoms with Crippen molar-refractivity contribution in [2.24, 2.45) is 4.99 Å². The van der Waals surface area contributed by atoms with Crippen molar-refractivity contribution in [1.82, 2.24) is 4.57 Å². The number of carbonyl (C=O) groups is 2. The zero-order chi connectivity index (χ0) is 27.6. The maximum absolute atomic E-state index is 13.8. The Morgan fingerprint density at radius 3 is 2.63 bits per heavy atom. The third-order valence-corrected chi connectivity index (χ3v) is 7.16. The number of ether oxygens (including phenoxy) is 3. The van der Waals surface area contributed by atoms with Gasteiger partial charge in [0.25, 0.3) is 5.56 Å². The number of methoxy groups -OCH3 is 1. The topological polar surface area (TPSA) is 116 Å². The molecule has 198 valence electrons. The number of thiazole rings is 1. The van der Waals surface area contributed by atoms with Gasteiger partial charge in [0.05, 0.1) is 29.5 Å². The molecule has 2 aromatic carbocycles. The molecule has 1 N–H and O–H groups in total. The SMILES string of the molecule is CCOC(=O)C1=C(C)N=c2s/c(=C\c3cc(C)c(OCC(=O)O)c(OC)c3)c(=O)n2C1c1ccccc1Cl. The predicted molar refractivity (Wildman–Crippen MR) is 143 cm³/mol. The first-order chi connectivity index (χ1) is 18.2. The predicted octanol–water partition coefficient (Wildman–Crippen LogP) is 3.23. The average molecular weight is 557 g/mol. The molecule has 0 spiro atoms. The third-order valence-electron chi connectivity index (χ3n) is 5.84. The summed E-state index contributed by atoms with van der Waals surface area (Å²) in [5.74, 6) is -1.03. The van der Waals surface area contributed by atoms with E-state index in [4.69, 9.17) is 30.9 Å². The summed E-state index contributed by atoms with van der Waals surface area (Å²) >= 11 is 7.71. The molecule has 9 nitrogen and oxygen atoms in total. The molecule has 11 heteroatoms. The van der Waals surface area contributed by atoms with Gasteiger partial charge in [0, 0.05) is 5.02 Å². The molecule has 0 amide bonds. The summed E-state index contributed by atoms with van der Waals surface area (Å²) < 4.78 is 17.9. The summed E-state index contributed by atoms with van der Waals surface area (Å²) in [5, 5.41) is 9.36. The van der Waals surface area contributed by atoms with Crippen LogP contribution in [0.2, 0.25) is 5.02 Å². The van der Waals surface area contributed by atoms with Gasteiger partial charge in [-0.15, -0.1) is 0 Å². The van der Waals surface area contributed by atoms with Gasteiger partial charge >= 0.3 is 11.9 Å². The highest BCUT2D eigenvalue weighted by Crippen LogP contribution is 2.35. The Morgan fingerprint density at radius 1 is 1.24 bits per heavy atom. The van der Waals surface area contributed by atoms with E-state index in [9.17, 15) is 14.4 Å². The summed E-state index contributed by atoms with van der Waals surface area (Å²) in [5.41, 5.74) is 2.20. The number of carbonyl (C=O) groups excluding carboxylic acids is 1. The van der Waals surface area contributed by atoms with Crippen LogP contribution in [0.15, 0.2) is 57.5 Å². The summed E-state index contributed by atoms with van der Waals surface area (Å²) in [4.78, 5) is 42.7. The lowest BCUT2D eigenvalue weighted by molar-refractivity contribution is -0.140. The maximum Gasteiger partial charge on any atom is 0.341 e. The van der Waals surface area contributed by atoms with Crippen molar-refractivity contribution in [3.05, 3.63) is 89.1 Å². The highest BCUT2D eigenvalue weighted by Gasteiger charge is 2.34. The van der Waals surface area contributed by atoms with Gasteiger partial charge in [0.15, 0.2) is 22.9 Å². The molecular formula is C27H25ClN2O7S. The van der Waals surface area contributed by atoms with E-state index in [0.29, 0.717) is 48.2 Å². The van der Waals surface area contributed by atoms with Crippen molar-refractivity contribution in [3.8, 4) is 11.5 Å². The normalized spacial score (nSPS) is 15.1. The van der Waals surface area contributed by atoms with Gasteiger partial charge in [0.2, 0.25) is 0 Å². The Balaban J connectivity index is 1.90. The first-order valence-electron chi connectivity index (χ1n) is 11.6. The van der Waals surface area contributed by atoms with E-state index in [1.165, 1.54) is 23.0 Å². The smallest absolute Gasteiger partial charge is 0.341 e. The minimum Gasteiger partial charge on any atom is -0.493 e. The molecule has 0 saturated carbocycles. The van der Waals surface area contributed by atoms with E-state index < -0.39 is 24.6 Å². The van der Waals surface area contributed by atoms with Gasteiger partial charge in [-0.05, 0) is 61.7 Å². The van der Waals surface area contributed by atoms with Crippen molar-refractivity contribution in [2.75, 3.05) is 20.3 Å². The number of aliphatic carboxylic acids is 1. The fourth-order valence-corrected chi connectivity index (χ4v) is 5.54.